The highest BCUT2D eigenvalue weighted by Crippen LogP contribution is 2.14. The second-order valence-electron chi connectivity index (χ2n) is 6.39. The number of nitrogens with one attached hydrogen (secondary N) is 1. The molecule has 2 aromatic rings. The molecule has 0 unspecified atom stereocenters. The summed E-state index contributed by atoms with van der Waals surface area (Å²) < 4.78 is 27.4. The number of carbonyl (C=O) groups is 1. The first-order chi connectivity index (χ1) is 12.3. The second kappa shape index (κ2) is 8.96. The van der Waals surface area contributed by atoms with E-state index in [0.717, 1.165) is 23.1 Å². The van der Waals surface area contributed by atoms with Gasteiger partial charge in [-0.05, 0) is 49.1 Å². The molecule has 0 spiro atoms. The fourth-order valence-electron chi connectivity index (χ4n) is 2.61. The zero-order valence-corrected chi connectivity index (χ0v) is 16.3. The minimum Gasteiger partial charge on any atom is -0.341 e. The van der Waals surface area contributed by atoms with Crippen molar-refractivity contribution in [2.45, 2.75) is 32.1 Å². The maximum absolute atomic E-state index is 12.4. The molecule has 26 heavy (non-hydrogen) atoms. The molecular weight excluding hydrogens is 348 g/mol. The normalized spacial score (nSPS) is 11.3. The van der Waals surface area contributed by atoms with Crippen LogP contribution in [-0.2, 0) is 21.2 Å². The molecule has 0 fully saturated rings. The SMILES string of the molecule is CC(=O)N(CCNS(=O)(=O)c1ccc(C)c(C)c1)CCc1ccccc1. The first-order valence-corrected chi connectivity index (χ1v) is 10.1. The topological polar surface area (TPSA) is 66.5 Å². The summed E-state index contributed by atoms with van der Waals surface area (Å²) in [7, 11) is -3.58. The first kappa shape index (κ1) is 20.1. The van der Waals surface area contributed by atoms with E-state index in [-0.39, 0.29) is 17.3 Å². The van der Waals surface area contributed by atoms with Gasteiger partial charge in [0.25, 0.3) is 0 Å². The van der Waals surface area contributed by atoms with Crippen molar-refractivity contribution in [1.82, 2.24) is 9.62 Å². The fourth-order valence-corrected chi connectivity index (χ4v) is 3.72. The summed E-state index contributed by atoms with van der Waals surface area (Å²) >= 11 is 0. The van der Waals surface area contributed by atoms with Gasteiger partial charge in [-0.1, -0.05) is 36.4 Å². The number of aryl methyl sites for hydroxylation is 2. The summed E-state index contributed by atoms with van der Waals surface area (Å²) in [4.78, 5) is 13.7. The molecule has 1 amide bonds. The molecule has 0 aromatic heterocycles. The number of amides is 1. The molecule has 5 nitrogen and oxygen atoms in total. The quantitative estimate of drug-likeness (QED) is 0.772. The molecule has 0 aliphatic carbocycles. The minimum atomic E-state index is -3.58. The van der Waals surface area contributed by atoms with E-state index in [1.165, 1.54) is 6.92 Å². The molecular formula is C20H26N2O3S. The Labute approximate surface area is 156 Å². The molecule has 0 aliphatic rings. The lowest BCUT2D eigenvalue weighted by Crippen LogP contribution is -2.38. The Morgan fingerprint density at radius 1 is 1.00 bits per heavy atom. The van der Waals surface area contributed by atoms with Crippen LogP contribution in [0.25, 0.3) is 0 Å². The molecule has 1 N–H and O–H groups in total. The van der Waals surface area contributed by atoms with Crippen LogP contribution in [0.1, 0.15) is 23.6 Å². The van der Waals surface area contributed by atoms with Crippen molar-refractivity contribution in [2.24, 2.45) is 0 Å². The van der Waals surface area contributed by atoms with E-state index in [1.54, 1.807) is 23.1 Å². The molecule has 140 valence electrons. The summed E-state index contributed by atoms with van der Waals surface area (Å²) in [6.45, 7) is 6.41. The highest BCUT2D eigenvalue weighted by molar-refractivity contribution is 7.89. The van der Waals surface area contributed by atoms with Gasteiger partial charge in [0.15, 0.2) is 0 Å². The molecule has 0 atom stereocenters. The number of hydrogen-bond acceptors (Lipinski definition) is 3. The van der Waals surface area contributed by atoms with E-state index < -0.39 is 10.0 Å². The third-order valence-corrected chi connectivity index (χ3v) is 5.88. The third-order valence-electron chi connectivity index (χ3n) is 4.42. The Kier molecular flexibility index (Phi) is 6.94. The summed E-state index contributed by atoms with van der Waals surface area (Å²) in [5, 5.41) is 0. The highest BCUT2D eigenvalue weighted by Gasteiger charge is 2.15. The van der Waals surface area contributed by atoms with Crippen molar-refractivity contribution in [3.05, 3.63) is 65.2 Å². The Balaban J connectivity index is 1.92. The van der Waals surface area contributed by atoms with Crippen LogP contribution in [0.15, 0.2) is 53.4 Å². The van der Waals surface area contributed by atoms with Gasteiger partial charge >= 0.3 is 0 Å². The van der Waals surface area contributed by atoms with Crippen molar-refractivity contribution < 1.29 is 13.2 Å². The molecule has 2 aromatic carbocycles. The lowest BCUT2D eigenvalue weighted by Gasteiger charge is -2.21. The van der Waals surface area contributed by atoms with E-state index in [2.05, 4.69) is 4.72 Å². The van der Waals surface area contributed by atoms with Gasteiger partial charge in [-0.15, -0.1) is 0 Å². The molecule has 0 saturated heterocycles. The Morgan fingerprint density at radius 2 is 1.69 bits per heavy atom. The number of sulfonamides is 1. The first-order valence-electron chi connectivity index (χ1n) is 8.66. The van der Waals surface area contributed by atoms with Crippen LogP contribution in [0.2, 0.25) is 0 Å². The van der Waals surface area contributed by atoms with E-state index in [0.29, 0.717) is 13.1 Å². The molecule has 2 rings (SSSR count). The van der Waals surface area contributed by atoms with Gasteiger partial charge in [-0.25, -0.2) is 13.1 Å². The van der Waals surface area contributed by atoms with E-state index in [9.17, 15) is 13.2 Å². The molecule has 0 saturated carbocycles. The maximum atomic E-state index is 12.4. The third kappa shape index (κ3) is 5.68. The van der Waals surface area contributed by atoms with E-state index in [1.807, 2.05) is 44.2 Å². The number of carbonyl (C=O) groups excluding carboxylic acids is 1. The van der Waals surface area contributed by atoms with Crippen LogP contribution in [0.3, 0.4) is 0 Å². The smallest absolute Gasteiger partial charge is 0.240 e. The standard InChI is InChI=1S/C20H26N2O3S/c1-16-9-10-20(15-17(16)2)26(24,25)21-12-14-22(18(3)23)13-11-19-7-5-4-6-8-19/h4-10,15,21H,11-14H2,1-3H3. The van der Waals surface area contributed by atoms with Crippen LogP contribution in [0.4, 0.5) is 0 Å². The summed E-state index contributed by atoms with van der Waals surface area (Å²) in [6, 6.07) is 15.0. The van der Waals surface area contributed by atoms with E-state index >= 15 is 0 Å². The number of hydrogen-bond donors (Lipinski definition) is 1. The number of benzene rings is 2. The molecule has 0 heterocycles. The predicted octanol–water partition coefficient (Wildman–Crippen LogP) is 2.67. The van der Waals surface area contributed by atoms with Gasteiger partial charge in [-0.3, -0.25) is 4.79 Å². The predicted molar refractivity (Wildman–Crippen MR) is 104 cm³/mol. The zero-order chi connectivity index (χ0) is 19.2. The Bertz CT molecular complexity index is 849. The average Bonchev–Trinajstić information content (AvgIpc) is 2.60. The van der Waals surface area contributed by atoms with Gasteiger partial charge < -0.3 is 4.90 Å². The van der Waals surface area contributed by atoms with Crippen LogP contribution in [0.5, 0.6) is 0 Å². The zero-order valence-electron chi connectivity index (χ0n) is 15.5. The van der Waals surface area contributed by atoms with Gasteiger partial charge in [0, 0.05) is 26.6 Å². The van der Waals surface area contributed by atoms with Crippen LogP contribution >= 0.6 is 0 Å². The molecule has 6 heteroatoms. The summed E-state index contributed by atoms with van der Waals surface area (Å²) in [5.41, 5.74) is 3.13. The van der Waals surface area contributed by atoms with Crippen LogP contribution in [-0.4, -0.2) is 38.9 Å². The Hall–Kier alpha value is -2.18. The van der Waals surface area contributed by atoms with Crippen molar-refractivity contribution in [3.63, 3.8) is 0 Å². The lowest BCUT2D eigenvalue weighted by molar-refractivity contribution is -0.128. The van der Waals surface area contributed by atoms with Crippen molar-refractivity contribution in [3.8, 4) is 0 Å². The van der Waals surface area contributed by atoms with Crippen molar-refractivity contribution in [1.29, 1.82) is 0 Å². The largest absolute Gasteiger partial charge is 0.341 e. The Morgan fingerprint density at radius 3 is 2.31 bits per heavy atom. The van der Waals surface area contributed by atoms with Crippen molar-refractivity contribution >= 4 is 15.9 Å². The fraction of sp³-hybridized carbons (Fsp3) is 0.350. The van der Waals surface area contributed by atoms with Crippen molar-refractivity contribution in [2.75, 3.05) is 19.6 Å². The molecule has 0 radical (unpaired) electrons. The molecule has 0 aliphatic heterocycles. The van der Waals surface area contributed by atoms with Gasteiger partial charge in [0.1, 0.15) is 0 Å². The van der Waals surface area contributed by atoms with Crippen LogP contribution in [0, 0.1) is 13.8 Å². The van der Waals surface area contributed by atoms with E-state index in [4.69, 9.17) is 0 Å². The molecule has 0 bridgehead atoms. The highest BCUT2D eigenvalue weighted by atomic mass is 32.2. The van der Waals surface area contributed by atoms with Crippen LogP contribution < -0.4 is 4.72 Å². The number of nitrogens with zero attached hydrogens (tertiary/aromatic N) is 1. The van der Waals surface area contributed by atoms with Gasteiger partial charge in [-0.2, -0.15) is 0 Å². The number of rotatable bonds is 8. The lowest BCUT2D eigenvalue weighted by atomic mass is 10.1. The second-order valence-corrected chi connectivity index (χ2v) is 8.15. The van der Waals surface area contributed by atoms with Gasteiger partial charge in [0.05, 0.1) is 4.90 Å². The monoisotopic (exact) mass is 374 g/mol. The summed E-state index contributed by atoms with van der Waals surface area (Å²) in [6.07, 6.45) is 0.740. The van der Waals surface area contributed by atoms with Gasteiger partial charge in [0.2, 0.25) is 15.9 Å². The average molecular weight is 375 g/mol. The maximum Gasteiger partial charge on any atom is 0.240 e. The summed E-state index contributed by atoms with van der Waals surface area (Å²) in [5.74, 6) is -0.0636. The minimum absolute atomic E-state index is 0.0636.